The van der Waals surface area contributed by atoms with Crippen LogP contribution < -0.4 is 19.5 Å². The van der Waals surface area contributed by atoms with Gasteiger partial charge in [0.15, 0.2) is 18.1 Å². The van der Waals surface area contributed by atoms with Crippen molar-refractivity contribution < 1.29 is 33.3 Å². The molecule has 0 aliphatic carbocycles. The molecule has 0 saturated heterocycles. The van der Waals surface area contributed by atoms with Gasteiger partial charge in [-0.25, -0.2) is 4.79 Å². The number of rotatable bonds is 11. The second-order valence-corrected chi connectivity index (χ2v) is 9.68. The van der Waals surface area contributed by atoms with Crippen molar-refractivity contribution in [3.8, 4) is 17.2 Å². The van der Waals surface area contributed by atoms with Gasteiger partial charge in [-0.2, -0.15) is 0 Å². The number of nitrogens with zero attached hydrogens (tertiary/aromatic N) is 1. The highest BCUT2D eigenvalue weighted by atomic mass is 16.5. The van der Waals surface area contributed by atoms with Crippen LogP contribution in [-0.4, -0.2) is 57.2 Å². The number of methoxy groups -OCH3 is 3. The van der Waals surface area contributed by atoms with Gasteiger partial charge in [-0.1, -0.05) is 35.9 Å². The number of ether oxygens (including phenoxy) is 4. The molecule has 0 saturated carbocycles. The molecule has 9 nitrogen and oxygen atoms in total. The summed E-state index contributed by atoms with van der Waals surface area (Å²) in [5.74, 6) is 0.560. The van der Waals surface area contributed by atoms with Crippen molar-refractivity contribution in [3.05, 3.63) is 100 Å². The van der Waals surface area contributed by atoms with Crippen LogP contribution in [0.15, 0.2) is 83.6 Å². The highest BCUT2D eigenvalue weighted by molar-refractivity contribution is 6.16. The first-order valence-electron chi connectivity index (χ1n) is 13.4. The van der Waals surface area contributed by atoms with E-state index in [9.17, 15) is 14.4 Å². The Kier molecular flexibility index (Phi) is 9.65. The molecule has 2 amide bonds. The zero-order valence-electron chi connectivity index (χ0n) is 24.4. The summed E-state index contributed by atoms with van der Waals surface area (Å²) >= 11 is 0. The second kappa shape index (κ2) is 13.5. The van der Waals surface area contributed by atoms with Crippen LogP contribution in [0.5, 0.6) is 17.2 Å². The number of aryl methyl sites for hydroxylation is 1. The van der Waals surface area contributed by atoms with Gasteiger partial charge in [0.25, 0.3) is 11.8 Å². The Balaban J connectivity index is 1.45. The summed E-state index contributed by atoms with van der Waals surface area (Å²) in [6, 6.07) is 20.0. The lowest BCUT2D eigenvalue weighted by atomic mass is 10.0. The molecule has 3 aromatic carbocycles. The molecule has 0 radical (unpaired) electrons. The minimum Gasteiger partial charge on any atom is -0.493 e. The van der Waals surface area contributed by atoms with E-state index in [0.717, 1.165) is 11.1 Å². The Morgan fingerprint density at radius 2 is 1.57 bits per heavy atom. The highest BCUT2D eigenvalue weighted by Crippen LogP contribution is 2.33. The van der Waals surface area contributed by atoms with E-state index in [4.69, 9.17) is 18.9 Å². The molecule has 42 heavy (non-hydrogen) atoms. The summed E-state index contributed by atoms with van der Waals surface area (Å²) in [5.41, 5.74) is 4.43. The van der Waals surface area contributed by atoms with Crippen molar-refractivity contribution in [1.29, 1.82) is 0 Å². The van der Waals surface area contributed by atoms with Gasteiger partial charge in [-0.15, -0.1) is 0 Å². The van der Waals surface area contributed by atoms with E-state index < -0.39 is 5.97 Å². The summed E-state index contributed by atoms with van der Waals surface area (Å²) in [4.78, 5) is 40.0. The minimum atomic E-state index is -0.583. The molecule has 9 heteroatoms. The monoisotopic (exact) mass is 570 g/mol. The van der Waals surface area contributed by atoms with Crippen molar-refractivity contribution in [1.82, 2.24) is 4.90 Å². The smallest absolute Gasteiger partial charge is 0.340 e. The molecule has 0 unspecified atom stereocenters. The number of amides is 2. The van der Waals surface area contributed by atoms with Gasteiger partial charge in [0, 0.05) is 17.9 Å². The number of allylic oxidation sites excluding steroid dienone is 1. The topological polar surface area (TPSA) is 103 Å². The van der Waals surface area contributed by atoms with Crippen LogP contribution in [0, 0.1) is 6.92 Å². The van der Waals surface area contributed by atoms with Gasteiger partial charge < -0.3 is 29.2 Å². The first-order chi connectivity index (χ1) is 20.2. The fraction of sp³-hybridized carbons (Fsp3) is 0.242. The maximum absolute atomic E-state index is 13.5. The molecule has 1 heterocycles. The molecular formula is C33H34N2O7. The molecule has 1 aliphatic heterocycles. The summed E-state index contributed by atoms with van der Waals surface area (Å²) in [5, 5.41) is 2.79. The van der Waals surface area contributed by atoms with Gasteiger partial charge in [0.2, 0.25) is 0 Å². The second-order valence-electron chi connectivity index (χ2n) is 9.68. The standard InChI is InChI=1S/C33H34N2O7/c1-21-6-11-25(12-7-21)34-30(36)20-42-26-13-8-23(9-14-26)18-27-31(33(38)41-5)22(2)35(32(27)37)17-16-24-10-15-28(39-3)29(19-24)40-4/h6-15,18-19H,16-17,20H2,1-5H3,(H,34,36)/b27-18-. The predicted octanol–water partition coefficient (Wildman–Crippen LogP) is 4.95. The molecular weight excluding hydrogens is 536 g/mol. The zero-order valence-corrected chi connectivity index (χ0v) is 24.4. The highest BCUT2D eigenvalue weighted by Gasteiger charge is 2.36. The number of benzene rings is 3. The SMILES string of the molecule is COC(=O)C1=C(C)N(CCc2ccc(OC)c(OC)c2)C(=O)/C1=C\c1ccc(OCC(=O)Nc2ccc(C)cc2)cc1. The zero-order chi connectivity index (χ0) is 30.2. The van der Waals surface area contributed by atoms with Crippen LogP contribution in [0.3, 0.4) is 0 Å². The third-order valence-corrected chi connectivity index (χ3v) is 6.87. The van der Waals surface area contributed by atoms with Crippen LogP contribution in [0.4, 0.5) is 5.69 Å². The average Bonchev–Trinajstić information content (AvgIpc) is 3.23. The minimum absolute atomic E-state index is 0.156. The fourth-order valence-corrected chi connectivity index (χ4v) is 4.58. The number of nitrogens with one attached hydrogen (secondary N) is 1. The van der Waals surface area contributed by atoms with E-state index in [0.29, 0.717) is 47.2 Å². The number of hydrogen-bond donors (Lipinski definition) is 1. The molecule has 0 atom stereocenters. The Labute approximate surface area is 245 Å². The summed E-state index contributed by atoms with van der Waals surface area (Å²) < 4.78 is 21.3. The molecule has 0 aromatic heterocycles. The summed E-state index contributed by atoms with van der Waals surface area (Å²) in [6.45, 7) is 3.91. The van der Waals surface area contributed by atoms with Gasteiger partial charge in [-0.3, -0.25) is 9.59 Å². The molecule has 3 aromatic rings. The molecule has 4 rings (SSSR count). The molecule has 0 bridgehead atoms. The summed E-state index contributed by atoms with van der Waals surface area (Å²) in [6.07, 6.45) is 2.19. The predicted molar refractivity (Wildman–Crippen MR) is 159 cm³/mol. The first kappa shape index (κ1) is 29.9. The number of esters is 1. The van der Waals surface area contributed by atoms with E-state index >= 15 is 0 Å². The van der Waals surface area contributed by atoms with Crippen LogP contribution >= 0.6 is 0 Å². The van der Waals surface area contributed by atoms with E-state index in [2.05, 4.69) is 5.32 Å². The third kappa shape index (κ3) is 6.98. The van der Waals surface area contributed by atoms with Crippen LogP contribution in [0.25, 0.3) is 6.08 Å². The Morgan fingerprint density at radius 3 is 2.21 bits per heavy atom. The number of hydrogen-bond acceptors (Lipinski definition) is 7. The van der Waals surface area contributed by atoms with Gasteiger partial charge in [0.1, 0.15) is 5.75 Å². The lowest BCUT2D eigenvalue weighted by Crippen LogP contribution is -2.27. The Hall–Kier alpha value is -5.05. The Morgan fingerprint density at radius 1 is 0.881 bits per heavy atom. The van der Waals surface area contributed by atoms with Gasteiger partial charge in [0.05, 0.1) is 32.5 Å². The van der Waals surface area contributed by atoms with Crippen LogP contribution in [-0.2, 0) is 25.5 Å². The van der Waals surface area contributed by atoms with Crippen molar-refractivity contribution in [2.75, 3.05) is 39.8 Å². The maximum Gasteiger partial charge on any atom is 0.340 e. The normalized spacial score (nSPS) is 13.8. The van der Waals surface area contributed by atoms with Gasteiger partial charge >= 0.3 is 5.97 Å². The maximum atomic E-state index is 13.5. The van der Waals surface area contributed by atoms with Crippen molar-refractivity contribution in [2.24, 2.45) is 0 Å². The molecule has 1 aliphatic rings. The average molecular weight is 571 g/mol. The molecule has 0 spiro atoms. The Bertz CT molecular complexity index is 1520. The van der Waals surface area contributed by atoms with E-state index in [-0.39, 0.29) is 29.6 Å². The largest absolute Gasteiger partial charge is 0.493 e. The van der Waals surface area contributed by atoms with Crippen molar-refractivity contribution in [3.63, 3.8) is 0 Å². The van der Waals surface area contributed by atoms with Crippen molar-refractivity contribution >= 4 is 29.5 Å². The first-order valence-corrected chi connectivity index (χ1v) is 13.4. The quantitative estimate of drug-likeness (QED) is 0.257. The fourth-order valence-electron chi connectivity index (χ4n) is 4.58. The van der Waals surface area contributed by atoms with E-state index in [1.54, 1.807) is 56.4 Å². The lowest BCUT2D eigenvalue weighted by molar-refractivity contribution is -0.136. The van der Waals surface area contributed by atoms with Crippen molar-refractivity contribution in [2.45, 2.75) is 20.3 Å². The van der Waals surface area contributed by atoms with Gasteiger partial charge in [-0.05, 0) is 73.9 Å². The molecule has 0 fully saturated rings. The van der Waals surface area contributed by atoms with Crippen LogP contribution in [0.1, 0.15) is 23.6 Å². The third-order valence-electron chi connectivity index (χ3n) is 6.87. The molecule has 218 valence electrons. The van der Waals surface area contributed by atoms with E-state index in [1.165, 1.54) is 7.11 Å². The number of carbonyl (C=O) groups is 3. The number of anilines is 1. The number of carbonyl (C=O) groups excluding carboxylic acids is 3. The van der Waals surface area contributed by atoms with Crippen LogP contribution in [0.2, 0.25) is 0 Å². The summed E-state index contributed by atoms with van der Waals surface area (Å²) in [7, 11) is 4.43. The lowest BCUT2D eigenvalue weighted by Gasteiger charge is -2.18. The molecule has 1 N–H and O–H groups in total. The van der Waals surface area contributed by atoms with E-state index in [1.807, 2.05) is 49.4 Å².